The predicted molar refractivity (Wildman–Crippen MR) is 194 cm³/mol. The van der Waals surface area contributed by atoms with E-state index in [1.165, 1.54) is 20.7 Å². The fraction of sp³-hybridized carbons (Fsp3) is 0.350. The van der Waals surface area contributed by atoms with E-state index in [0.717, 1.165) is 6.42 Å². The van der Waals surface area contributed by atoms with Crippen molar-refractivity contribution in [1.29, 1.82) is 0 Å². The average Bonchev–Trinajstić information content (AvgIpc) is 3.41. The zero-order chi connectivity index (χ0) is 32.1. The lowest BCUT2D eigenvalue weighted by atomic mass is 10.1. The Bertz CT molecular complexity index is 1430. The lowest BCUT2D eigenvalue weighted by Crippen LogP contribution is -2.69. The van der Waals surface area contributed by atoms with E-state index >= 15 is 0 Å². The summed E-state index contributed by atoms with van der Waals surface area (Å²) in [4.78, 5) is 0. The zero-order valence-corrected chi connectivity index (χ0v) is 30.1. The maximum absolute atomic E-state index is 7.70. The van der Waals surface area contributed by atoms with Gasteiger partial charge in [0, 0.05) is 6.42 Å². The predicted octanol–water partition coefficient (Wildman–Crippen LogP) is 7.24. The lowest BCUT2D eigenvalue weighted by molar-refractivity contribution is -0.00195. The highest BCUT2D eigenvalue weighted by Gasteiger charge is 2.55. The van der Waals surface area contributed by atoms with Crippen LogP contribution >= 0.6 is 0 Å². The van der Waals surface area contributed by atoms with Gasteiger partial charge in [-0.3, -0.25) is 0 Å². The molecule has 0 amide bonds. The smallest absolute Gasteiger partial charge is 0.261 e. The molecule has 4 aromatic rings. The van der Waals surface area contributed by atoms with Crippen LogP contribution in [0, 0.1) is 0 Å². The molecule has 1 fully saturated rings. The minimum atomic E-state index is -2.80. The van der Waals surface area contributed by atoms with Crippen LogP contribution in [-0.4, -0.2) is 41.6 Å². The number of rotatable bonds is 10. The molecule has 0 bridgehead atoms. The molecule has 1 heterocycles. The van der Waals surface area contributed by atoms with Crippen molar-refractivity contribution in [3.8, 4) is 0 Å². The maximum atomic E-state index is 7.70. The second kappa shape index (κ2) is 13.7. The van der Waals surface area contributed by atoms with E-state index in [0.29, 0.717) is 6.61 Å². The molecule has 1 aliphatic heterocycles. The van der Waals surface area contributed by atoms with Gasteiger partial charge in [-0.1, -0.05) is 175 Å². The first-order valence-corrected chi connectivity index (χ1v) is 20.2. The highest BCUT2D eigenvalue weighted by atomic mass is 28.4. The molecule has 236 valence electrons. The van der Waals surface area contributed by atoms with Crippen molar-refractivity contribution in [2.24, 2.45) is 0 Å². The molecule has 45 heavy (non-hydrogen) atoms. The van der Waals surface area contributed by atoms with Crippen LogP contribution in [0.3, 0.4) is 0 Å². The Morgan fingerprint density at radius 1 is 0.622 bits per heavy atom. The first kappa shape index (κ1) is 33.3. The van der Waals surface area contributed by atoms with Gasteiger partial charge < -0.3 is 13.6 Å². The van der Waals surface area contributed by atoms with E-state index < -0.39 is 16.6 Å². The van der Waals surface area contributed by atoms with E-state index in [2.05, 4.69) is 182 Å². The molecular formula is C40H50O3Si2. The van der Waals surface area contributed by atoms with Crippen molar-refractivity contribution in [3.63, 3.8) is 0 Å². The summed E-state index contributed by atoms with van der Waals surface area (Å²) in [7, 11) is -5.55. The van der Waals surface area contributed by atoms with Crippen LogP contribution in [0.1, 0.15) is 54.9 Å². The van der Waals surface area contributed by atoms with E-state index in [4.69, 9.17) is 13.6 Å². The summed E-state index contributed by atoms with van der Waals surface area (Å²) in [5.74, 6) is 0. The first-order chi connectivity index (χ1) is 21.5. The Labute approximate surface area is 273 Å². The van der Waals surface area contributed by atoms with Crippen LogP contribution in [0.15, 0.2) is 133 Å². The largest absolute Gasteiger partial charge is 0.405 e. The van der Waals surface area contributed by atoms with Crippen LogP contribution in [0.25, 0.3) is 0 Å². The fourth-order valence-electron chi connectivity index (χ4n) is 7.24. The average molecular weight is 635 g/mol. The van der Waals surface area contributed by atoms with Crippen LogP contribution < -0.4 is 20.7 Å². The molecule has 0 N–H and O–H groups in total. The van der Waals surface area contributed by atoms with Crippen LogP contribution in [-0.2, 0) is 13.6 Å². The Morgan fingerprint density at radius 3 is 1.36 bits per heavy atom. The molecule has 0 radical (unpaired) electrons. The normalized spacial score (nSPS) is 19.7. The number of hydrogen-bond donors (Lipinski definition) is 0. The van der Waals surface area contributed by atoms with Crippen molar-refractivity contribution < 1.29 is 13.6 Å². The second-order valence-electron chi connectivity index (χ2n) is 14.3. The lowest BCUT2D eigenvalue weighted by Gasteiger charge is -2.46. The topological polar surface area (TPSA) is 27.7 Å². The number of hydrogen-bond acceptors (Lipinski definition) is 3. The van der Waals surface area contributed by atoms with Crippen molar-refractivity contribution >= 4 is 37.4 Å². The van der Waals surface area contributed by atoms with Gasteiger partial charge in [0.05, 0.1) is 18.8 Å². The van der Waals surface area contributed by atoms with Gasteiger partial charge in [0.25, 0.3) is 16.6 Å². The van der Waals surface area contributed by atoms with Crippen molar-refractivity contribution in [1.82, 2.24) is 0 Å². The summed E-state index contributed by atoms with van der Waals surface area (Å²) in [5.41, 5.74) is 0. The van der Waals surface area contributed by atoms with Crippen LogP contribution in [0.4, 0.5) is 0 Å². The third-order valence-corrected chi connectivity index (χ3v) is 19.3. The standard InChI is InChI=1S/C40H50O3Si2/c1-8-21-32-30-37(43-45(40(5,6)7,35-26-17-11-18-27-35)36-28-19-12-20-29-36)38(42-32)31-41-44(39(2,3)4,33-22-13-9-14-23-33)34-24-15-10-16-25-34/h8-29,32,37-38H,30-31H2,1-7H3/b21-8-/t32-,37+,38-/m1/s1. The third-order valence-electron chi connectivity index (χ3n) is 9.26. The minimum absolute atomic E-state index is 0.0223. The molecule has 5 heteroatoms. The molecule has 0 unspecified atom stereocenters. The summed E-state index contributed by atoms with van der Waals surface area (Å²) < 4.78 is 22.0. The van der Waals surface area contributed by atoms with Crippen molar-refractivity contribution in [2.75, 3.05) is 6.61 Å². The quantitative estimate of drug-likeness (QED) is 0.136. The summed E-state index contributed by atoms with van der Waals surface area (Å²) in [6.45, 7) is 16.5. The zero-order valence-electron chi connectivity index (χ0n) is 28.1. The SMILES string of the molecule is C/C=C\[C@@H]1C[C@H](O[Si](c2ccccc2)(c2ccccc2)C(C)(C)C)[C@@H](CO[Si](c2ccccc2)(c2ccccc2)C(C)(C)C)O1. The molecule has 0 saturated carbocycles. The van der Waals surface area contributed by atoms with Gasteiger partial charge in [-0.05, 0) is 37.7 Å². The van der Waals surface area contributed by atoms with E-state index in [1.807, 2.05) is 0 Å². The Kier molecular flexibility index (Phi) is 10.2. The molecule has 1 saturated heterocycles. The van der Waals surface area contributed by atoms with Gasteiger partial charge in [0.2, 0.25) is 0 Å². The molecule has 3 atom stereocenters. The fourth-order valence-corrected chi connectivity index (χ4v) is 16.5. The van der Waals surface area contributed by atoms with Crippen molar-refractivity contribution in [2.45, 2.75) is 83.3 Å². The number of benzene rings is 4. The summed E-state index contributed by atoms with van der Waals surface area (Å²) in [5, 5.41) is 4.87. The summed E-state index contributed by atoms with van der Waals surface area (Å²) in [6.07, 6.45) is 4.69. The second-order valence-corrected chi connectivity index (χ2v) is 22.8. The van der Waals surface area contributed by atoms with Gasteiger partial charge >= 0.3 is 0 Å². The molecule has 0 aliphatic carbocycles. The minimum Gasteiger partial charge on any atom is -0.405 e. The van der Waals surface area contributed by atoms with E-state index in [9.17, 15) is 0 Å². The molecular weight excluding hydrogens is 585 g/mol. The van der Waals surface area contributed by atoms with Crippen LogP contribution in [0.2, 0.25) is 10.1 Å². The molecule has 0 aromatic heterocycles. The Hall–Kier alpha value is -3.07. The van der Waals surface area contributed by atoms with Crippen molar-refractivity contribution in [3.05, 3.63) is 133 Å². The van der Waals surface area contributed by atoms with Crippen LogP contribution in [0.5, 0.6) is 0 Å². The third kappa shape index (κ3) is 6.60. The number of ether oxygens (including phenoxy) is 1. The molecule has 1 aliphatic rings. The molecule has 0 spiro atoms. The highest BCUT2D eigenvalue weighted by molar-refractivity contribution is 7.00. The Balaban J connectivity index is 1.59. The molecule has 3 nitrogen and oxygen atoms in total. The van der Waals surface area contributed by atoms with E-state index in [1.54, 1.807) is 0 Å². The molecule has 4 aromatic carbocycles. The first-order valence-electron chi connectivity index (χ1n) is 16.3. The maximum Gasteiger partial charge on any atom is 0.261 e. The highest BCUT2D eigenvalue weighted by Crippen LogP contribution is 2.41. The summed E-state index contributed by atoms with van der Waals surface area (Å²) in [6, 6.07) is 43.5. The van der Waals surface area contributed by atoms with Gasteiger partial charge in [-0.15, -0.1) is 0 Å². The number of allylic oxidation sites excluding steroid dienone is 1. The van der Waals surface area contributed by atoms with Gasteiger partial charge in [-0.25, -0.2) is 0 Å². The summed E-state index contributed by atoms with van der Waals surface area (Å²) >= 11 is 0. The van der Waals surface area contributed by atoms with Gasteiger partial charge in [-0.2, -0.15) is 0 Å². The van der Waals surface area contributed by atoms with E-state index in [-0.39, 0.29) is 28.4 Å². The Morgan fingerprint density at radius 2 is 1.00 bits per heavy atom. The molecule has 5 rings (SSSR count). The van der Waals surface area contributed by atoms with Gasteiger partial charge in [0.15, 0.2) is 0 Å². The monoisotopic (exact) mass is 634 g/mol. The van der Waals surface area contributed by atoms with Gasteiger partial charge in [0.1, 0.15) is 6.10 Å².